The van der Waals surface area contributed by atoms with Crippen LogP contribution in [0.4, 0.5) is 13.2 Å². The van der Waals surface area contributed by atoms with Crippen molar-refractivity contribution in [2.75, 3.05) is 27.2 Å². The Morgan fingerprint density at radius 3 is 2.41 bits per heavy atom. The topological polar surface area (TPSA) is 114 Å². The van der Waals surface area contributed by atoms with Gasteiger partial charge in [0.2, 0.25) is 5.91 Å². The van der Waals surface area contributed by atoms with E-state index in [4.69, 9.17) is 9.72 Å². The first-order valence-electron chi connectivity index (χ1n) is 17.2. The van der Waals surface area contributed by atoms with Gasteiger partial charge in [-0.2, -0.15) is 13.2 Å². The number of alkyl halides is 3. The number of nitrogens with one attached hydrogen (secondary N) is 1. The van der Waals surface area contributed by atoms with E-state index in [9.17, 15) is 32.7 Å². The summed E-state index contributed by atoms with van der Waals surface area (Å²) in [4.78, 5) is 46.2. The first-order chi connectivity index (χ1) is 23.9. The fourth-order valence-electron chi connectivity index (χ4n) is 6.98. The molecule has 1 saturated carbocycles. The van der Waals surface area contributed by atoms with Gasteiger partial charge in [-0.3, -0.25) is 14.4 Å². The van der Waals surface area contributed by atoms with Crippen molar-refractivity contribution in [3.63, 3.8) is 0 Å². The molecule has 3 fully saturated rings. The van der Waals surface area contributed by atoms with E-state index in [0.29, 0.717) is 18.4 Å². The van der Waals surface area contributed by atoms with E-state index in [1.807, 2.05) is 52.0 Å². The molecule has 2 aliphatic heterocycles. The number of halogens is 3. The molecular weight excluding hydrogens is 661 g/mol. The minimum atomic E-state index is -4.76. The smallest absolute Gasteiger partial charge is 0.416 e. The molecule has 12 heteroatoms. The van der Waals surface area contributed by atoms with Crippen molar-refractivity contribution in [1.29, 1.82) is 0 Å². The largest absolute Gasteiger partial charge is 0.481 e. The molecule has 272 valence electrons. The molecule has 1 aliphatic carbocycles. The van der Waals surface area contributed by atoms with Crippen LogP contribution in [0.25, 0.3) is 11.1 Å². The average Bonchev–Trinajstić information content (AvgIpc) is 3.62. The number of fused-ring (bicyclic) bond motifs is 1. The van der Waals surface area contributed by atoms with E-state index in [-0.39, 0.29) is 48.1 Å². The van der Waals surface area contributed by atoms with Gasteiger partial charge in [-0.25, -0.2) is 4.98 Å². The highest BCUT2D eigenvalue weighted by atomic mass is 19.4. The Bertz CT molecular complexity index is 1890. The van der Waals surface area contributed by atoms with Gasteiger partial charge in [-0.1, -0.05) is 38.0 Å². The predicted octanol–water partition coefficient (Wildman–Crippen LogP) is 6.10. The SMILES string of the molecule is Cc1cccc(C)c1-c1cc(C#CC23COC(C2)C3)nc([C@H](CC(=O)O)NC(=O)[C@H](CC(C)C)n2cc(CCN(C)C)c(C(F)(F)F)cc2=O)c1. The molecule has 2 bridgehead atoms. The summed E-state index contributed by atoms with van der Waals surface area (Å²) in [6.45, 7) is 8.43. The summed E-state index contributed by atoms with van der Waals surface area (Å²) in [5.74, 6) is 4.49. The number of hydrogen-bond acceptors (Lipinski definition) is 6. The van der Waals surface area contributed by atoms with E-state index in [1.165, 1.54) is 0 Å². The normalized spacial score (nSPS) is 19.3. The van der Waals surface area contributed by atoms with Crippen LogP contribution in [-0.4, -0.2) is 64.8 Å². The van der Waals surface area contributed by atoms with Gasteiger partial charge in [0, 0.05) is 18.8 Å². The lowest BCUT2D eigenvalue weighted by Gasteiger charge is -2.29. The second kappa shape index (κ2) is 15.0. The van der Waals surface area contributed by atoms with Crippen LogP contribution < -0.4 is 10.9 Å². The molecule has 2 aromatic heterocycles. The number of likely N-dealkylation sites (N-methyl/N-ethyl adjacent to an activating group) is 1. The molecule has 0 unspecified atom stereocenters. The molecule has 3 aromatic rings. The first-order valence-corrected chi connectivity index (χ1v) is 17.2. The van der Waals surface area contributed by atoms with Crippen molar-refractivity contribution in [2.24, 2.45) is 11.3 Å². The van der Waals surface area contributed by atoms with E-state index < -0.39 is 47.7 Å². The standard InChI is InChI=1S/C39H45F3N4O5/c1-23(2)14-33(46-21-26(11-13-45(5)6)30(17-34(46)47)39(40,41)42)37(50)44-32(18-35(48)49)31-16-27(36-24(3)8-7-9-25(36)4)15-28(43-31)10-12-38-19-29(20-38)51-22-38/h7-9,15-17,21,23,29,32-33H,11,13-14,18-20,22H2,1-6H3,(H,44,50)(H,48,49)/t29?,32-,33-,38?/m0/s1. The number of carboxylic acids is 1. The highest BCUT2D eigenvalue weighted by molar-refractivity contribution is 5.82. The minimum absolute atomic E-state index is 0.00725. The predicted molar refractivity (Wildman–Crippen MR) is 187 cm³/mol. The van der Waals surface area contributed by atoms with Crippen LogP contribution in [0.3, 0.4) is 0 Å². The van der Waals surface area contributed by atoms with Gasteiger partial charge in [0.25, 0.3) is 5.56 Å². The second-order valence-electron chi connectivity index (χ2n) is 14.6. The van der Waals surface area contributed by atoms with Crippen molar-refractivity contribution >= 4 is 11.9 Å². The number of carboxylic acid groups (broad SMARTS) is 1. The van der Waals surface area contributed by atoms with Gasteiger partial charge in [0.05, 0.1) is 41.8 Å². The molecule has 6 rings (SSSR count). The number of carbonyl (C=O) groups excluding carboxylic acids is 1. The molecule has 0 spiro atoms. The summed E-state index contributed by atoms with van der Waals surface area (Å²) in [5, 5.41) is 12.8. The highest BCUT2D eigenvalue weighted by Crippen LogP contribution is 2.49. The van der Waals surface area contributed by atoms with Crippen LogP contribution in [0.2, 0.25) is 0 Å². The van der Waals surface area contributed by atoms with E-state index >= 15 is 0 Å². The monoisotopic (exact) mass is 706 g/mol. The number of ether oxygens (including phenoxy) is 1. The Labute approximate surface area is 296 Å². The van der Waals surface area contributed by atoms with Crippen molar-refractivity contribution in [3.05, 3.63) is 86.6 Å². The van der Waals surface area contributed by atoms with Gasteiger partial charge in [0.1, 0.15) is 11.7 Å². The average molecular weight is 707 g/mol. The molecule has 2 atom stereocenters. The van der Waals surface area contributed by atoms with Crippen LogP contribution in [0.5, 0.6) is 0 Å². The van der Waals surface area contributed by atoms with E-state index in [0.717, 1.165) is 45.9 Å². The molecule has 2 N–H and O–H groups in total. The zero-order valence-corrected chi connectivity index (χ0v) is 29.9. The van der Waals surface area contributed by atoms with Gasteiger partial charge in [-0.05, 0) is 105 Å². The van der Waals surface area contributed by atoms with Gasteiger partial charge < -0.3 is 24.6 Å². The maximum absolute atomic E-state index is 14.2. The number of benzene rings is 1. The summed E-state index contributed by atoms with van der Waals surface area (Å²) < 4.78 is 48.8. The van der Waals surface area contributed by atoms with Crippen molar-refractivity contribution in [1.82, 2.24) is 19.8 Å². The van der Waals surface area contributed by atoms with Crippen molar-refractivity contribution in [3.8, 4) is 23.0 Å². The van der Waals surface area contributed by atoms with Crippen molar-refractivity contribution < 1.29 is 32.6 Å². The number of aromatic nitrogens is 2. The summed E-state index contributed by atoms with van der Waals surface area (Å²) in [6.07, 6.45) is -2.16. The number of carbonyl (C=O) groups is 2. The zero-order valence-electron chi connectivity index (χ0n) is 29.9. The zero-order chi connectivity index (χ0) is 37.2. The number of amides is 1. The molecule has 2 saturated heterocycles. The summed E-state index contributed by atoms with van der Waals surface area (Å²) in [7, 11) is 3.46. The summed E-state index contributed by atoms with van der Waals surface area (Å²) in [6, 6.07) is 7.66. The molecule has 4 heterocycles. The molecule has 1 aromatic carbocycles. The Morgan fingerprint density at radius 2 is 1.84 bits per heavy atom. The third-order valence-corrected chi connectivity index (χ3v) is 9.59. The number of pyridine rings is 2. The number of aryl methyl sites for hydroxylation is 2. The van der Waals surface area contributed by atoms with Crippen LogP contribution in [0, 0.1) is 37.0 Å². The van der Waals surface area contributed by atoms with Crippen LogP contribution in [-0.2, 0) is 26.9 Å². The number of nitrogens with zero attached hydrogens (tertiary/aromatic N) is 3. The molecule has 1 amide bonds. The maximum atomic E-state index is 14.2. The third kappa shape index (κ3) is 8.89. The molecular formula is C39H45F3N4O5. The van der Waals surface area contributed by atoms with Crippen LogP contribution >= 0.6 is 0 Å². The van der Waals surface area contributed by atoms with Gasteiger partial charge in [-0.15, -0.1) is 0 Å². The van der Waals surface area contributed by atoms with Gasteiger partial charge >= 0.3 is 12.1 Å². The summed E-state index contributed by atoms with van der Waals surface area (Å²) in [5.41, 5.74) is 1.94. The summed E-state index contributed by atoms with van der Waals surface area (Å²) >= 11 is 0. The fraction of sp³-hybridized carbons (Fsp3) is 0.487. The van der Waals surface area contributed by atoms with E-state index in [2.05, 4.69) is 17.2 Å². The lowest BCUT2D eigenvalue weighted by molar-refractivity contribution is -0.139. The Kier molecular flexibility index (Phi) is 11.1. The van der Waals surface area contributed by atoms with Crippen LogP contribution in [0.15, 0.2) is 47.4 Å². The Balaban J connectivity index is 1.58. The molecule has 9 nitrogen and oxygen atoms in total. The maximum Gasteiger partial charge on any atom is 0.416 e. The Morgan fingerprint density at radius 1 is 1.16 bits per heavy atom. The molecule has 51 heavy (non-hydrogen) atoms. The lowest BCUT2D eigenvalue weighted by atomic mass is 9.71. The quantitative estimate of drug-likeness (QED) is 0.219. The number of rotatable bonds is 12. The number of hydrogen-bond donors (Lipinski definition) is 2. The Hall–Kier alpha value is -4.47. The number of aliphatic carboxylic acids is 1. The minimum Gasteiger partial charge on any atom is -0.481 e. The molecule has 3 aliphatic rings. The lowest BCUT2D eigenvalue weighted by Crippen LogP contribution is -2.41. The third-order valence-electron chi connectivity index (χ3n) is 9.59. The first kappa shape index (κ1) is 37.8. The van der Waals surface area contributed by atoms with Crippen LogP contribution in [0.1, 0.15) is 85.3 Å². The molecule has 0 radical (unpaired) electrons. The van der Waals surface area contributed by atoms with Crippen molar-refractivity contribution in [2.45, 2.75) is 84.2 Å². The highest BCUT2D eigenvalue weighted by Gasteiger charge is 2.51. The van der Waals surface area contributed by atoms with E-state index in [1.54, 1.807) is 25.1 Å². The fourth-order valence-corrected chi connectivity index (χ4v) is 6.98. The van der Waals surface area contributed by atoms with Gasteiger partial charge in [0.15, 0.2) is 0 Å². The second-order valence-corrected chi connectivity index (χ2v) is 14.6.